The fraction of sp³-hybridized carbons (Fsp3) is 0.0968. The van der Waals surface area contributed by atoms with Crippen molar-refractivity contribution in [3.05, 3.63) is 136 Å². The van der Waals surface area contributed by atoms with Gasteiger partial charge in [0, 0.05) is 6.07 Å². The fourth-order valence-electron chi connectivity index (χ4n) is 4.27. The van der Waals surface area contributed by atoms with E-state index in [1.54, 1.807) is 18.2 Å². The van der Waals surface area contributed by atoms with Gasteiger partial charge in [-0.05, 0) is 60.4 Å². The number of aryl methyl sites for hydroxylation is 2. The van der Waals surface area contributed by atoms with Crippen molar-refractivity contribution in [3.8, 4) is 17.2 Å². The molecule has 0 aliphatic heterocycles. The lowest BCUT2D eigenvalue weighted by Crippen LogP contribution is -2.20. The van der Waals surface area contributed by atoms with Crippen LogP contribution in [0.4, 0.5) is 0 Å². The van der Waals surface area contributed by atoms with Crippen LogP contribution in [0, 0.1) is 13.8 Å². The summed E-state index contributed by atoms with van der Waals surface area (Å²) in [6.07, 6.45) is 1.28. The van der Waals surface area contributed by atoms with Crippen LogP contribution in [-0.4, -0.2) is 5.97 Å². The first-order chi connectivity index (χ1) is 17.5. The Morgan fingerprint density at radius 1 is 0.750 bits per heavy atom. The number of rotatable bonds is 6. The highest BCUT2D eigenvalue weighted by Crippen LogP contribution is 2.29. The number of esters is 1. The zero-order valence-corrected chi connectivity index (χ0v) is 19.9. The van der Waals surface area contributed by atoms with Crippen LogP contribution in [0.2, 0.25) is 0 Å². The van der Waals surface area contributed by atoms with Crippen LogP contribution < -0.4 is 14.9 Å². The summed E-state index contributed by atoms with van der Waals surface area (Å²) < 4.78 is 17.3. The van der Waals surface area contributed by atoms with Crippen molar-refractivity contribution in [1.82, 2.24) is 0 Å². The van der Waals surface area contributed by atoms with E-state index in [1.165, 1.54) is 6.26 Å². The summed E-state index contributed by atoms with van der Waals surface area (Å²) >= 11 is 0. The number of hydrogen-bond donors (Lipinski definition) is 0. The summed E-state index contributed by atoms with van der Waals surface area (Å²) in [6.45, 7) is 3.93. The van der Waals surface area contributed by atoms with Gasteiger partial charge in [-0.25, -0.2) is 0 Å². The van der Waals surface area contributed by atoms with Gasteiger partial charge in [-0.2, -0.15) is 0 Å². The fourth-order valence-corrected chi connectivity index (χ4v) is 4.27. The summed E-state index contributed by atoms with van der Waals surface area (Å²) in [5.41, 5.74) is 3.72. The molecular weight excluding hydrogens is 452 g/mol. The summed E-state index contributed by atoms with van der Waals surface area (Å²) in [7, 11) is 0. The van der Waals surface area contributed by atoms with Crippen LogP contribution in [-0.2, 0) is 4.79 Å². The van der Waals surface area contributed by atoms with E-state index in [0.29, 0.717) is 16.7 Å². The Balaban J connectivity index is 1.43. The Morgan fingerprint density at radius 2 is 1.36 bits per heavy atom. The van der Waals surface area contributed by atoms with Crippen LogP contribution in [0.1, 0.15) is 28.2 Å². The molecular formula is C31H24O5. The van der Waals surface area contributed by atoms with E-state index >= 15 is 0 Å². The molecule has 0 unspecified atom stereocenters. The van der Waals surface area contributed by atoms with Gasteiger partial charge in [0.2, 0.25) is 11.2 Å². The molecule has 0 aliphatic rings. The third kappa shape index (κ3) is 4.91. The Bertz CT molecular complexity index is 1530. The second-order valence-corrected chi connectivity index (χ2v) is 8.69. The SMILES string of the molecule is Cc1cc(C)cc(Oc2coc3cc(OC(=O)C(c4ccccc4)c4ccccc4)ccc3c2=O)c1. The summed E-state index contributed by atoms with van der Waals surface area (Å²) in [5, 5.41) is 0.333. The first-order valence-corrected chi connectivity index (χ1v) is 11.6. The van der Waals surface area contributed by atoms with Crippen molar-refractivity contribution >= 4 is 16.9 Å². The summed E-state index contributed by atoms with van der Waals surface area (Å²) in [5.74, 6) is -0.0777. The lowest BCUT2D eigenvalue weighted by Gasteiger charge is -2.17. The maximum absolute atomic E-state index is 13.3. The predicted molar refractivity (Wildman–Crippen MR) is 139 cm³/mol. The molecule has 0 saturated carbocycles. The third-order valence-electron chi connectivity index (χ3n) is 5.86. The van der Waals surface area contributed by atoms with Gasteiger partial charge in [-0.15, -0.1) is 0 Å². The van der Waals surface area contributed by atoms with E-state index < -0.39 is 11.9 Å². The normalized spacial score (nSPS) is 11.0. The Morgan fingerprint density at radius 3 is 1.97 bits per heavy atom. The minimum Gasteiger partial charge on any atom is -0.460 e. The number of fused-ring (bicyclic) bond motifs is 1. The lowest BCUT2D eigenvalue weighted by molar-refractivity contribution is -0.135. The highest BCUT2D eigenvalue weighted by molar-refractivity contribution is 5.85. The van der Waals surface area contributed by atoms with E-state index in [9.17, 15) is 9.59 Å². The van der Waals surface area contributed by atoms with Gasteiger partial charge in [0.05, 0.1) is 5.39 Å². The molecule has 0 aliphatic carbocycles. The minimum atomic E-state index is -0.594. The number of benzene rings is 4. The van der Waals surface area contributed by atoms with Gasteiger partial charge in [0.1, 0.15) is 29.3 Å². The Hall–Kier alpha value is -4.64. The number of carbonyl (C=O) groups is 1. The molecule has 5 aromatic rings. The van der Waals surface area contributed by atoms with Crippen LogP contribution in [0.15, 0.2) is 113 Å². The molecule has 5 rings (SSSR count). The molecule has 1 heterocycles. The van der Waals surface area contributed by atoms with E-state index in [-0.39, 0.29) is 16.9 Å². The van der Waals surface area contributed by atoms with Crippen molar-refractivity contribution in [2.75, 3.05) is 0 Å². The van der Waals surface area contributed by atoms with Crippen molar-refractivity contribution in [2.24, 2.45) is 0 Å². The maximum Gasteiger partial charge on any atom is 0.323 e. The average molecular weight is 477 g/mol. The second kappa shape index (κ2) is 9.92. The highest BCUT2D eigenvalue weighted by atomic mass is 16.5. The van der Waals surface area contributed by atoms with Crippen LogP contribution in [0.5, 0.6) is 17.2 Å². The third-order valence-corrected chi connectivity index (χ3v) is 5.86. The van der Waals surface area contributed by atoms with E-state index in [2.05, 4.69) is 0 Å². The van der Waals surface area contributed by atoms with Crippen LogP contribution in [0.3, 0.4) is 0 Å². The molecule has 0 atom stereocenters. The molecule has 0 amide bonds. The van der Waals surface area contributed by atoms with Gasteiger partial charge in [-0.1, -0.05) is 66.7 Å². The minimum absolute atomic E-state index is 0.0884. The van der Waals surface area contributed by atoms with E-state index in [0.717, 1.165) is 22.3 Å². The molecule has 0 radical (unpaired) electrons. The standard InChI is InChI=1S/C31H24O5/c1-20-15-21(2)17-25(16-20)35-28-19-34-27-18-24(13-14-26(27)30(28)32)36-31(33)29(22-9-5-3-6-10-22)23-11-7-4-8-12-23/h3-19,29H,1-2H3. The van der Waals surface area contributed by atoms with Gasteiger partial charge in [-0.3, -0.25) is 9.59 Å². The zero-order valence-electron chi connectivity index (χ0n) is 19.9. The molecule has 0 N–H and O–H groups in total. The highest BCUT2D eigenvalue weighted by Gasteiger charge is 2.25. The largest absolute Gasteiger partial charge is 0.460 e. The van der Waals surface area contributed by atoms with Crippen molar-refractivity contribution in [1.29, 1.82) is 0 Å². The number of carbonyl (C=O) groups excluding carboxylic acids is 1. The predicted octanol–water partition coefficient (Wildman–Crippen LogP) is 6.94. The van der Waals surface area contributed by atoms with Crippen LogP contribution >= 0.6 is 0 Å². The average Bonchev–Trinajstić information content (AvgIpc) is 2.87. The molecule has 0 fully saturated rings. The molecule has 36 heavy (non-hydrogen) atoms. The van der Waals surface area contributed by atoms with E-state index in [1.807, 2.05) is 92.7 Å². The molecule has 1 aromatic heterocycles. The topological polar surface area (TPSA) is 65.7 Å². The van der Waals surface area contributed by atoms with Gasteiger partial charge < -0.3 is 13.9 Å². The smallest absolute Gasteiger partial charge is 0.323 e. The van der Waals surface area contributed by atoms with Gasteiger partial charge in [0.15, 0.2) is 0 Å². The van der Waals surface area contributed by atoms with Crippen molar-refractivity contribution in [3.63, 3.8) is 0 Å². The van der Waals surface area contributed by atoms with Crippen LogP contribution in [0.25, 0.3) is 11.0 Å². The maximum atomic E-state index is 13.3. The quantitative estimate of drug-likeness (QED) is 0.196. The second-order valence-electron chi connectivity index (χ2n) is 8.69. The Labute approximate surface area is 208 Å². The molecule has 5 nitrogen and oxygen atoms in total. The lowest BCUT2D eigenvalue weighted by atomic mass is 9.91. The molecule has 178 valence electrons. The van der Waals surface area contributed by atoms with Crippen molar-refractivity contribution in [2.45, 2.75) is 19.8 Å². The molecule has 0 saturated heterocycles. The zero-order chi connectivity index (χ0) is 25.1. The number of ether oxygens (including phenoxy) is 2. The molecule has 4 aromatic carbocycles. The van der Waals surface area contributed by atoms with Gasteiger partial charge in [0.25, 0.3) is 0 Å². The molecule has 5 heteroatoms. The van der Waals surface area contributed by atoms with Crippen molar-refractivity contribution < 1.29 is 18.7 Å². The number of hydrogen-bond acceptors (Lipinski definition) is 5. The van der Waals surface area contributed by atoms with Gasteiger partial charge >= 0.3 is 5.97 Å². The summed E-state index contributed by atoms with van der Waals surface area (Å²) in [4.78, 5) is 26.3. The Kier molecular flexibility index (Phi) is 6.37. The first-order valence-electron chi connectivity index (χ1n) is 11.6. The monoisotopic (exact) mass is 476 g/mol. The first kappa shape index (κ1) is 23.1. The molecule has 0 bridgehead atoms. The van der Waals surface area contributed by atoms with E-state index in [4.69, 9.17) is 13.9 Å². The summed E-state index contributed by atoms with van der Waals surface area (Å²) in [6, 6.07) is 29.4. The molecule has 0 spiro atoms.